The van der Waals surface area contributed by atoms with Gasteiger partial charge in [0.15, 0.2) is 5.69 Å². The number of nitrogens with two attached hydrogens (primary N) is 1. The lowest BCUT2D eigenvalue weighted by Crippen LogP contribution is -2.50. The molecule has 0 aromatic carbocycles. The largest absolute Gasteiger partial charge is 0.396 e. The summed E-state index contributed by atoms with van der Waals surface area (Å²) < 4.78 is 0. The molecule has 1 aromatic heterocycles. The predicted octanol–water partition coefficient (Wildman–Crippen LogP) is 1.36. The Balaban J connectivity index is 2.16. The van der Waals surface area contributed by atoms with Crippen molar-refractivity contribution in [1.29, 1.82) is 5.41 Å². The van der Waals surface area contributed by atoms with Crippen LogP contribution in [0, 0.1) is 5.41 Å². The zero-order valence-electron chi connectivity index (χ0n) is 13.6. The molecule has 0 radical (unpaired) electrons. The second kappa shape index (κ2) is 8.58. The molecule has 2 heterocycles. The van der Waals surface area contributed by atoms with Crippen molar-refractivity contribution in [3.05, 3.63) is 17.2 Å². The SMILES string of the molecule is CN=C(C(C=N)NC(=O)c1nc(Cl)ncc1N)N1CCCCCC1. The maximum Gasteiger partial charge on any atom is 0.273 e. The Morgan fingerprint density at radius 3 is 2.71 bits per heavy atom. The van der Waals surface area contributed by atoms with Gasteiger partial charge in [-0.05, 0) is 24.4 Å². The predicted molar refractivity (Wildman–Crippen MR) is 94.9 cm³/mol. The number of amidine groups is 1. The number of nitrogen functional groups attached to an aromatic ring is 1. The maximum absolute atomic E-state index is 12.4. The molecule has 0 aliphatic carbocycles. The lowest BCUT2D eigenvalue weighted by atomic mass is 10.2. The van der Waals surface area contributed by atoms with Crippen LogP contribution in [0.1, 0.15) is 36.2 Å². The zero-order chi connectivity index (χ0) is 17.5. The number of hydrogen-bond donors (Lipinski definition) is 3. The van der Waals surface area contributed by atoms with Gasteiger partial charge in [0.25, 0.3) is 5.91 Å². The molecule has 1 amide bonds. The van der Waals surface area contributed by atoms with E-state index < -0.39 is 11.9 Å². The van der Waals surface area contributed by atoms with Crippen LogP contribution in [-0.2, 0) is 0 Å². The monoisotopic (exact) mass is 351 g/mol. The van der Waals surface area contributed by atoms with Crippen molar-refractivity contribution in [2.24, 2.45) is 4.99 Å². The van der Waals surface area contributed by atoms with Crippen molar-refractivity contribution in [1.82, 2.24) is 20.2 Å². The zero-order valence-corrected chi connectivity index (χ0v) is 14.4. The number of aliphatic imine (C=N–C) groups is 1. The molecule has 1 unspecified atom stereocenters. The lowest BCUT2D eigenvalue weighted by Gasteiger charge is -2.28. The number of halogens is 1. The lowest BCUT2D eigenvalue weighted by molar-refractivity contribution is 0.0948. The number of nitrogens with zero attached hydrogens (tertiary/aromatic N) is 4. The summed E-state index contributed by atoms with van der Waals surface area (Å²) in [6.07, 6.45) is 6.96. The fourth-order valence-electron chi connectivity index (χ4n) is 2.72. The highest BCUT2D eigenvalue weighted by Crippen LogP contribution is 2.13. The highest BCUT2D eigenvalue weighted by Gasteiger charge is 2.24. The van der Waals surface area contributed by atoms with Crippen molar-refractivity contribution in [2.45, 2.75) is 31.7 Å². The van der Waals surface area contributed by atoms with Gasteiger partial charge in [0.05, 0.1) is 11.9 Å². The first kappa shape index (κ1) is 18.1. The number of carbonyl (C=O) groups excluding carboxylic acids is 1. The Hall–Kier alpha value is -2.22. The van der Waals surface area contributed by atoms with Crippen LogP contribution in [0.15, 0.2) is 11.2 Å². The Morgan fingerprint density at radius 2 is 2.12 bits per heavy atom. The van der Waals surface area contributed by atoms with E-state index in [2.05, 4.69) is 25.2 Å². The molecule has 0 saturated carbocycles. The fraction of sp³-hybridized carbons (Fsp3) is 0.533. The van der Waals surface area contributed by atoms with E-state index in [1.807, 2.05) is 0 Å². The van der Waals surface area contributed by atoms with E-state index in [0.29, 0.717) is 5.84 Å². The third kappa shape index (κ3) is 4.41. The van der Waals surface area contributed by atoms with Gasteiger partial charge in [0.2, 0.25) is 5.28 Å². The quantitative estimate of drug-likeness (QED) is 0.429. The number of nitrogens with one attached hydrogen (secondary N) is 2. The average molecular weight is 352 g/mol. The Morgan fingerprint density at radius 1 is 1.46 bits per heavy atom. The molecule has 1 aromatic rings. The minimum absolute atomic E-state index is 0.00632. The summed E-state index contributed by atoms with van der Waals surface area (Å²) in [6, 6.07) is -0.645. The number of carbonyl (C=O) groups is 1. The summed E-state index contributed by atoms with van der Waals surface area (Å²) in [4.78, 5) is 26.5. The normalized spacial score (nSPS) is 17.1. The van der Waals surface area contributed by atoms with Gasteiger partial charge in [0, 0.05) is 26.4 Å². The van der Waals surface area contributed by atoms with E-state index in [9.17, 15) is 4.79 Å². The maximum atomic E-state index is 12.4. The summed E-state index contributed by atoms with van der Waals surface area (Å²) in [6.45, 7) is 1.74. The molecule has 9 heteroatoms. The van der Waals surface area contributed by atoms with E-state index in [1.54, 1.807) is 7.05 Å². The smallest absolute Gasteiger partial charge is 0.273 e. The molecule has 0 spiro atoms. The molecule has 2 rings (SSSR count). The highest BCUT2D eigenvalue weighted by atomic mass is 35.5. The van der Waals surface area contributed by atoms with Crippen LogP contribution in [0.2, 0.25) is 5.28 Å². The van der Waals surface area contributed by atoms with Gasteiger partial charge in [-0.15, -0.1) is 0 Å². The third-order valence-electron chi connectivity index (χ3n) is 3.89. The van der Waals surface area contributed by atoms with Crippen molar-refractivity contribution in [2.75, 3.05) is 25.9 Å². The number of aromatic nitrogens is 2. The number of amides is 1. The number of rotatable bonds is 4. The Labute approximate surface area is 146 Å². The summed E-state index contributed by atoms with van der Waals surface area (Å²) in [5.74, 6) is 0.153. The van der Waals surface area contributed by atoms with Crippen LogP contribution in [0.4, 0.5) is 5.69 Å². The molecule has 130 valence electrons. The van der Waals surface area contributed by atoms with Gasteiger partial charge in [-0.1, -0.05) is 12.8 Å². The van der Waals surface area contributed by atoms with Gasteiger partial charge in [0.1, 0.15) is 11.9 Å². The molecular weight excluding hydrogens is 330 g/mol. The molecule has 0 bridgehead atoms. The standard InChI is InChI=1S/C15H22ClN7O/c1-19-13(23-6-4-2-3-5-7-23)11(8-17)21-14(24)12-10(18)9-20-15(16)22-12/h8-9,11,17H,2-7,18H2,1H3,(H,21,24). The van der Waals surface area contributed by atoms with E-state index in [-0.39, 0.29) is 16.7 Å². The van der Waals surface area contributed by atoms with Gasteiger partial charge >= 0.3 is 0 Å². The second-order valence-corrected chi connectivity index (χ2v) is 5.88. The summed E-state index contributed by atoms with van der Waals surface area (Å²) >= 11 is 5.73. The van der Waals surface area contributed by atoms with Crippen molar-refractivity contribution >= 4 is 35.2 Å². The average Bonchev–Trinajstić information content (AvgIpc) is 2.86. The molecular formula is C15H22ClN7O. The van der Waals surface area contributed by atoms with E-state index in [4.69, 9.17) is 22.7 Å². The molecule has 24 heavy (non-hydrogen) atoms. The van der Waals surface area contributed by atoms with Gasteiger partial charge < -0.3 is 21.4 Å². The Bertz CT molecular complexity index is 626. The van der Waals surface area contributed by atoms with Crippen LogP contribution in [0.25, 0.3) is 0 Å². The molecule has 1 atom stereocenters. The van der Waals surface area contributed by atoms with Crippen LogP contribution >= 0.6 is 11.6 Å². The molecule has 1 aliphatic rings. The van der Waals surface area contributed by atoms with Crippen molar-refractivity contribution in [3.8, 4) is 0 Å². The topological polar surface area (TPSA) is 120 Å². The first-order valence-electron chi connectivity index (χ1n) is 7.88. The number of anilines is 1. The summed E-state index contributed by atoms with van der Waals surface area (Å²) in [5.41, 5.74) is 5.86. The minimum atomic E-state index is -0.645. The molecule has 1 saturated heterocycles. The van der Waals surface area contributed by atoms with Gasteiger partial charge in [-0.25, -0.2) is 9.97 Å². The highest BCUT2D eigenvalue weighted by molar-refractivity contribution is 6.28. The van der Waals surface area contributed by atoms with Crippen LogP contribution in [0.5, 0.6) is 0 Å². The number of hydrogen-bond acceptors (Lipinski definition) is 6. The third-order valence-corrected chi connectivity index (χ3v) is 4.08. The van der Waals surface area contributed by atoms with Crippen LogP contribution < -0.4 is 11.1 Å². The molecule has 4 N–H and O–H groups in total. The van der Waals surface area contributed by atoms with E-state index in [1.165, 1.54) is 19.0 Å². The fourth-order valence-corrected chi connectivity index (χ4v) is 2.85. The first-order chi connectivity index (χ1) is 11.6. The minimum Gasteiger partial charge on any atom is -0.396 e. The summed E-state index contributed by atoms with van der Waals surface area (Å²) in [5, 5.41) is 10.4. The van der Waals surface area contributed by atoms with Crippen molar-refractivity contribution < 1.29 is 4.79 Å². The van der Waals surface area contributed by atoms with E-state index >= 15 is 0 Å². The van der Waals surface area contributed by atoms with Crippen LogP contribution in [0.3, 0.4) is 0 Å². The van der Waals surface area contributed by atoms with Gasteiger partial charge in [-0.2, -0.15) is 0 Å². The Kier molecular flexibility index (Phi) is 6.48. The van der Waals surface area contributed by atoms with E-state index in [0.717, 1.165) is 32.1 Å². The molecule has 1 aliphatic heterocycles. The second-order valence-electron chi connectivity index (χ2n) is 5.54. The summed E-state index contributed by atoms with van der Waals surface area (Å²) in [7, 11) is 1.67. The van der Waals surface area contributed by atoms with Crippen LogP contribution in [-0.4, -0.2) is 59.0 Å². The van der Waals surface area contributed by atoms with Gasteiger partial charge in [-0.3, -0.25) is 9.79 Å². The first-order valence-corrected chi connectivity index (χ1v) is 8.25. The number of likely N-dealkylation sites (tertiary alicyclic amines) is 1. The molecule has 1 fully saturated rings. The molecule has 8 nitrogen and oxygen atoms in total. The van der Waals surface area contributed by atoms with Crippen molar-refractivity contribution in [3.63, 3.8) is 0 Å².